The van der Waals surface area contributed by atoms with Gasteiger partial charge in [0, 0.05) is 29.7 Å². The average molecular weight is 379 g/mol. The highest BCUT2D eigenvalue weighted by Crippen LogP contribution is 2.32. The SMILES string of the molecule is COc1ccc(Cl)cc1N1CCN(Cc2ccccc2Cl)C(=O)C1=O. The quantitative estimate of drug-likeness (QED) is 0.766. The third-order valence-corrected chi connectivity index (χ3v) is 4.66. The first-order valence-corrected chi connectivity index (χ1v) is 8.44. The standard InChI is InChI=1S/C18H16Cl2N2O3/c1-25-16-7-6-13(19)10-15(16)22-9-8-21(17(23)18(22)24)11-12-4-2-3-5-14(12)20/h2-7,10H,8-9,11H2,1H3. The number of carbonyl (C=O) groups is 2. The molecule has 0 N–H and O–H groups in total. The van der Waals surface area contributed by atoms with Crippen molar-refractivity contribution in [2.45, 2.75) is 6.54 Å². The van der Waals surface area contributed by atoms with E-state index in [4.69, 9.17) is 27.9 Å². The number of halogens is 2. The number of ether oxygens (including phenoxy) is 1. The van der Waals surface area contributed by atoms with Crippen LogP contribution in [0.5, 0.6) is 5.75 Å². The van der Waals surface area contributed by atoms with Gasteiger partial charge < -0.3 is 9.64 Å². The van der Waals surface area contributed by atoms with Crippen molar-refractivity contribution in [3.05, 3.63) is 58.1 Å². The van der Waals surface area contributed by atoms with Gasteiger partial charge in [-0.15, -0.1) is 0 Å². The maximum absolute atomic E-state index is 12.6. The number of carbonyl (C=O) groups excluding carboxylic acids is 2. The van der Waals surface area contributed by atoms with E-state index in [0.29, 0.717) is 41.1 Å². The van der Waals surface area contributed by atoms with Gasteiger partial charge in [-0.3, -0.25) is 14.5 Å². The van der Waals surface area contributed by atoms with Crippen LogP contribution in [-0.4, -0.2) is 36.9 Å². The third kappa shape index (κ3) is 3.57. The lowest BCUT2D eigenvalue weighted by Crippen LogP contribution is -2.54. The third-order valence-electron chi connectivity index (χ3n) is 4.06. The highest BCUT2D eigenvalue weighted by atomic mass is 35.5. The molecule has 1 saturated heterocycles. The molecule has 0 aliphatic carbocycles. The van der Waals surface area contributed by atoms with Gasteiger partial charge in [-0.25, -0.2) is 0 Å². The zero-order chi connectivity index (χ0) is 18.0. The van der Waals surface area contributed by atoms with Crippen LogP contribution in [0.3, 0.4) is 0 Å². The number of hydrogen-bond acceptors (Lipinski definition) is 3. The maximum atomic E-state index is 12.6. The molecule has 0 unspecified atom stereocenters. The molecule has 1 aliphatic rings. The second-order valence-corrected chi connectivity index (χ2v) is 6.43. The number of amides is 2. The molecular formula is C18H16Cl2N2O3. The molecule has 25 heavy (non-hydrogen) atoms. The average Bonchev–Trinajstić information content (AvgIpc) is 2.61. The molecule has 3 rings (SSSR count). The summed E-state index contributed by atoms with van der Waals surface area (Å²) in [6, 6.07) is 12.2. The normalized spacial score (nSPS) is 14.8. The molecule has 0 atom stereocenters. The Hall–Kier alpha value is -2.24. The van der Waals surface area contributed by atoms with Crippen molar-refractivity contribution in [3.63, 3.8) is 0 Å². The number of piperazine rings is 1. The number of nitrogens with zero attached hydrogens (tertiary/aromatic N) is 2. The number of methoxy groups -OCH3 is 1. The van der Waals surface area contributed by atoms with E-state index in [-0.39, 0.29) is 0 Å². The molecule has 0 saturated carbocycles. The van der Waals surface area contributed by atoms with Crippen LogP contribution in [0.4, 0.5) is 5.69 Å². The van der Waals surface area contributed by atoms with Gasteiger partial charge in [0.25, 0.3) is 0 Å². The molecule has 0 bridgehead atoms. The van der Waals surface area contributed by atoms with Crippen LogP contribution in [0.2, 0.25) is 10.0 Å². The topological polar surface area (TPSA) is 49.9 Å². The lowest BCUT2D eigenvalue weighted by molar-refractivity contribution is -0.146. The summed E-state index contributed by atoms with van der Waals surface area (Å²) in [4.78, 5) is 28.0. The zero-order valence-corrected chi connectivity index (χ0v) is 15.0. The Morgan fingerprint density at radius 1 is 1.04 bits per heavy atom. The molecule has 1 aliphatic heterocycles. The van der Waals surface area contributed by atoms with Gasteiger partial charge in [0.2, 0.25) is 0 Å². The van der Waals surface area contributed by atoms with Crippen LogP contribution in [0.25, 0.3) is 0 Å². The molecule has 130 valence electrons. The first-order chi connectivity index (χ1) is 12.0. The molecule has 2 aromatic rings. The van der Waals surface area contributed by atoms with E-state index in [1.54, 1.807) is 24.3 Å². The summed E-state index contributed by atoms with van der Waals surface area (Å²) in [5, 5.41) is 1.04. The van der Waals surface area contributed by atoms with Crippen LogP contribution in [-0.2, 0) is 16.1 Å². The summed E-state index contributed by atoms with van der Waals surface area (Å²) < 4.78 is 5.28. The van der Waals surface area contributed by atoms with E-state index in [0.717, 1.165) is 5.56 Å². The maximum Gasteiger partial charge on any atom is 0.316 e. The Bertz CT molecular complexity index is 826. The van der Waals surface area contributed by atoms with Crippen molar-refractivity contribution in [3.8, 4) is 5.75 Å². The smallest absolute Gasteiger partial charge is 0.316 e. The van der Waals surface area contributed by atoms with Crippen LogP contribution in [0, 0.1) is 0 Å². The minimum Gasteiger partial charge on any atom is -0.495 e. The van der Waals surface area contributed by atoms with Crippen LogP contribution in [0.1, 0.15) is 5.56 Å². The largest absolute Gasteiger partial charge is 0.495 e. The van der Waals surface area contributed by atoms with Crippen LogP contribution in [0.15, 0.2) is 42.5 Å². The van der Waals surface area contributed by atoms with E-state index in [1.807, 2.05) is 18.2 Å². The van der Waals surface area contributed by atoms with Gasteiger partial charge in [-0.1, -0.05) is 41.4 Å². The molecule has 1 heterocycles. The summed E-state index contributed by atoms with van der Waals surface area (Å²) in [7, 11) is 1.51. The van der Waals surface area contributed by atoms with Crippen molar-refractivity contribution in [1.29, 1.82) is 0 Å². The monoisotopic (exact) mass is 378 g/mol. The molecule has 2 amide bonds. The number of rotatable bonds is 4. The molecule has 0 radical (unpaired) electrons. The molecule has 7 heteroatoms. The van der Waals surface area contributed by atoms with Gasteiger partial charge in [-0.05, 0) is 29.8 Å². The number of hydrogen-bond donors (Lipinski definition) is 0. The summed E-state index contributed by atoms with van der Waals surface area (Å²) in [6.07, 6.45) is 0. The van der Waals surface area contributed by atoms with E-state index >= 15 is 0 Å². The van der Waals surface area contributed by atoms with Gasteiger partial charge in [-0.2, -0.15) is 0 Å². The summed E-state index contributed by atoms with van der Waals surface area (Å²) >= 11 is 12.2. The van der Waals surface area contributed by atoms with Gasteiger partial charge in [0.1, 0.15) is 5.75 Å². The van der Waals surface area contributed by atoms with Crippen molar-refractivity contribution in [1.82, 2.24) is 4.90 Å². The fraction of sp³-hybridized carbons (Fsp3) is 0.222. The van der Waals surface area contributed by atoms with E-state index in [9.17, 15) is 9.59 Å². The highest BCUT2D eigenvalue weighted by Gasteiger charge is 2.34. The predicted octanol–water partition coefficient (Wildman–Crippen LogP) is 3.38. The Labute approximate surface area is 155 Å². The molecular weight excluding hydrogens is 363 g/mol. The Morgan fingerprint density at radius 2 is 1.80 bits per heavy atom. The van der Waals surface area contributed by atoms with E-state index < -0.39 is 11.8 Å². The second kappa shape index (κ2) is 7.33. The first-order valence-electron chi connectivity index (χ1n) is 7.69. The van der Waals surface area contributed by atoms with Crippen LogP contribution < -0.4 is 9.64 Å². The molecule has 0 spiro atoms. The summed E-state index contributed by atoms with van der Waals surface area (Å²) in [6.45, 7) is 1.04. The number of anilines is 1. The zero-order valence-electron chi connectivity index (χ0n) is 13.5. The van der Waals surface area contributed by atoms with Gasteiger partial charge >= 0.3 is 11.8 Å². The van der Waals surface area contributed by atoms with Crippen molar-refractivity contribution < 1.29 is 14.3 Å². The summed E-state index contributed by atoms with van der Waals surface area (Å²) in [5.41, 5.74) is 1.30. The molecule has 0 aromatic heterocycles. The van der Waals surface area contributed by atoms with E-state index in [1.165, 1.54) is 16.9 Å². The van der Waals surface area contributed by atoms with Gasteiger partial charge in [0.05, 0.1) is 12.8 Å². The fourth-order valence-electron chi connectivity index (χ4n) is 2.76. The minimum atomic E-state index is -0.612. The second-order valence-electron chi connectivity index (χ2n) is 5.59. The van der Waals surface area contributed by atoms with E-state index in [2.05, 4.69) is 0 Å². The molecule has 2 aromatic carbocycles. The van der Waals surface area contributed by atoms with Gasteiger partial charge in [0.15, 0.2) is 0 Å². The Balaban J connectivity index is 1.82. The lowest BCUT2D eigenvalue weighted by atomic mass is 10.1. The fourth-order valence-corrected chi connectivity index (χ4v) is 3.12. The van der Waals surface area contributed by atoms with Crippen LogP contribution >= 0.6 is 23.2 Å². The van der Waals surface area contributed by atoms with Crippen molar-refractivity contribution >= 4 is 40.7 Å². The minimum absolute atomic E-state index is 0.296. The Morgan fingerprint density at radius 3 is 2.52 bits per heavy atom. The highest BCUT2D eigenvalue weighted by molar-refractivity contribution is 6.41. The predicted molar refractivity (Wildman–Crippen MR) is 97.2 cm³/mol. The first kappa shape index (κ1) is 17.6. The molecule has 1 fully saturated rings. The number of benzene rings is 2. The van der Waals surface area contributed by atoms with Crippen molar-refractivity contribution in [2.24, 2.45) is 0 Å². The van der Waals surface area contributed by atoms with Crippen molar-refractivity contribution in [2.75, 3.05) is 25.1 Å². The Kier molecular flexibility index (Phi) is 5.16. The lowest BCUT2D eigenvalue weighted by Gasteiger charge is -2.34. The summed E-state index contributed by atoms with van der Waals surface area (Å²) in [5.74, 6) is -0.697. The molecule has 5 nitrogen and oxygen atoms in total.